The molecule has 0 unspecified atom stereocenters. The summed E-state index contributed by atoms with van der Waals surface area (Å²) in [5.74, 6) is -0.317. The normalized spacial score (nSPS) is 20.7. The van der Waals surface area contributed by atoms with Crippen LogP contribution in [0.15, 0.2) is 48.5 Å². The first-order chi connectivity index (χ1) is 20.2. The van der Waals surface area contributed by atoms with Crippen LogP contribution in [-0.2, 0) is 25.6 Å². The van der Waals surface area contributed by atoms with Crippen LogP contribution in [-0.4, -0.2) is 83.3 Å². The van der Waals surface area contributed by atoms with Gasteiger partial charge in [-0.15, -0.1) is 5.10 Å². The van der Waals surface area contributed by atoms with Crippen LogP contribution in [0.25, 0.3) is 11.0 Å². The number of anilines is 1. The van der Waals surface area contributed by atoms with Crippen LogP contribution in [0.3, 0.4) is 0 Å². The highest BCUT2D eigenvalue weighted by Gasteiger charge is 2.35. The van der Waals surface area contributed by atoms with E-state index in [0.717, 1.165) is 73.9 Å². The molecule has 41 heavy (non-hydrogen) atoms. The van der Waals surface area contributed by atoms with Crippen molar-refractivity contribution in [2.45, 2.75) is 69.7 Å². The number of nitrogens with one attached hydrogen (secondary N) is 1. The van der Waals surface area contributed by atoms with E-state index < -0.39 is 6.04 Å². The molecular weight excluding hydrogens is 520 g/mol. The van der Waals surface area contributed by atoms with E-state index in [1.807, 2.05) is 36.4 Å². The lowest BCUT2D eigenvalue weighted by Crippen LogP contribution is -2.50. The second kappa shape index (κ2) is 13.0. The Kier molecular flexibility index (Phi) is 8.77. The van der Waals surface area contributed by atoms with Crippen LogP contribution >= 0.6 is 0 Å². The Morgan fingerprint density at radius 1 is 0.951 bits per heavy atom. The monoisotopic (exact) mass is 560 g/mol. The molecule has 2 aromatic carbocycles. The predicted octanol–water partition coefficient (Wildman–Crippen LogP) is 3.47. The fraction of sp³-hybridized carbons (Fsp3) is 0.548. The van der Waals surface area contributed by atoms with E-state index in [4.69, 9.17) is 9.47 Å². The number of benzene rings is 2. The van der Waals surface area contributed by atoms with Gasteiger partial charge in [0.15, 0.2) is 0 Å². The number of amides is 2. The summed E-state index contributed by atoms with van der Waals surface area (Å²) in [6.45, 7) is 4.09. The molecule has 1 aromatic heterocycles. The van der Waals surface area contributed by atoms with Crippen LogP contribution < -0.4 is 10.2 Å². The van der Waals surface area contributed by atoms with Crippen molar-refractivity contribution in [1.82, 2.24) is 25.2 Å². The van der Waals surface area contributed by atoms with E-state index in [0.29, 0.717) is 26.4 Å². The summed E-state index contributed by atoms with van der Waals surface area (Å²) in [4.78, 5) is 32.3. The number of nitrogens with zero attached hydrogens (tertiary/aromatic N) is 5. The molecule has 2 atom stereocenters. The number of ether oxygens (including phenoxy) is 2. The predicted molar refractivity (Wildman–Crippen MR) is 155 cm³/mol. The Labute approximate surface area is 241 Å². The minimum Gasteiger partial charge on any atom is -0.378 e. The third kappa shape index (κ3) is 6.54. The second-order valence-electron chi connectivity index (χ2n) is 11.4. The third-order valence-electron chi connectivity index (χ3n) is 8.55. The smallest absolute Gasteiger partial charge is 0.247 e. The van der Waals surface area contributed by atoms with Gasteiger partial charge in [0.1, 0.15) is 18.1 Å². The standard InChI is InChI=1S/C31H40N6O4/c38-29(22-37-28-11-5-4-10-27(28)33-34-37)36(21-26-9-6-18-41-26)30(31(39)32-24-7-2-1-3-8-24)23-12-14-25(15-13-23)35-16-19-40-20-17-35/h4-5,10-15,24,26,30H,1-3,6-9,16-22H2,(H,32,39)/t26-,30+/m1/s1. The van der Waals surface area contributed by atoms with E-state index in [1.165, 1.54) is 6.42 Å². The largest absolute Gasteiger partial charge is 0.378 e. The first kappa shape index (κ1) is 27.7. The highest BCUT2D eigenvalue weighted by atomic mass is 16.5. The summed E-state index contributed by atoms with van der Waals surface area (Å²) >= 11 is 0. The quantitative estimate of drug-likeness (QED) is 0.428. The molecule has 6 rings (SSSR count). The fourth-order valence-electron chi connectivity index (χ4n) is 6.30. The highest BCUT2D eigenvalue weighted by Crippen LogP contribution is 2.29. The van der Waals surface area contributed by atoms with Gasteiger partial charge in [-0.1, -0.05) is 48.7 Å². The Balaban J connectivity index is 1.31. The molecule has 0 radical (unpaired) electrons. The van der Waals surface area contributed by atoms with E-state index in [2.05, 4.69) is 32.7 Å². The van der Waals surface area contributed by atoms with Crippen molar-refractivity contribution in [2.24, 2.45) is 0 Å². The first-order valence-electron chi connectivity index (χ1n) is 15.1. The van der Waals surface area contributed by atoms with E-state index >= 15 is 0 Å². The zero-order valence-electron chi connectivity index (χ0n) is 23.6. The number of para-hydroxylation sites is 1. The van der Waals surface area contributed by atoms with Crippen LogP contribution in [0.2, 0.25) is 0 Å². The molecule has 10 nitrogen and oxygen atoms in total. The molecule has 218 valence electrons. The topological polar surface area (TPSA) is 102 Å². The number of fused-ring (bicyclic) bond motifs is 1. The molecule has 3 fully saturated rings. The molecule has 1 aliphatic carbocycles. The Morgan fingerprint density at radius 2 is 1.73 bits per heavy atom. The Hall–Kier alpha value is -3.50. The van der Waals surface area contributed by atoms with Gasteiger partial charge in [0.2, 0.25) is 11.8 Å². The highest BCUT2D eigenvalue weighted by molar-refractivity contribution is 5.89. The molecule has 2 aliphatic heterocycles. The van der Waals surface area contributed by atoms with Gasteiger partial charge in [-0.05, 0) is 55.5 Å². The summed E-state index contributed by atoms with van der Waals surface area (Å²) in [6.07, 6.45) is 7.08. The average Bonchev–Trinajstić information content (AvgIpc) is 3.68. The van der Waals surface area contributed by atoms with Crippen molar-refractivity contribution in [2.75, 3.05) is 44.4 Å². The van der Waals surface area contributed by atoms with Gasteiger partial charge < -0.3 is 24.6 Å². The van der Waals surface area contributed by atoms with Crippen molar-refractivity contribution in [3.05, 3.63) is 54.1 Å². The lowest BCUT2D eigenvalue weighted by molar-refractivity contribution is -0.143. The minimum atomic E-state index is -0.776. The van der Waals surface area contributed by atoms with Crippen molar-refractivity contribution in [1.29, 1.82) is 0 Å². The van der Waals surface area contributed by atoms with Crippen molar-refractivity contribution in [3.8, 4) is 0 Å². The van der Waals surface area contributed by atoms with E-state index in [9.17, 15) is 9.59 Å². The molecular formula is C31H40N6O4. The van der Waals surface area contributed by atoms with Gasteiger partial charge in [-0.25, -0.2) is 4.68 Å². The maximum atomic E-state index is 14.1. The molecule has 3 aliphatic rings. The first-order valence-corrected chi connectivity index (χ1v) is 15.1. The molecule has 0 spiro atoms. The molecule has 1 saturated carbocycles. The van der Waals surface area contributed by atoms with E-state index in [-0.39, 0.29) is 30.5 Å². The number of aromatic nitrogens is 3. The minimum absolute atomic E-state index is 0.00764. The summed E-state index contributed by atoms with van der Waals surface area (Å²) in [5, 5.41) is 11.8. The number of carbonyl (C=O) groups excluding carboxylic acids is 2. The summed E-state index contributed by atoms with van der Waals surface area (Å²) in [5.41, 5.74) is 3.41. The SMILES string of the molecule is O=C(NC1CCCCC1)[C@H](c1ccc(N2CCOCC2)cc1)N(C[C@H]1CCCO1)C(=O)Cn1nnc2ccccc21. The molecule has 0 bridgehead atoms. The van der Waals surface area contributed by atoms with Crippen LogP contribution in [0.5, 0.6) is 0 Å². The Bertz CT molecular complexity index is 1310. The van der Waals surface area contributed by atoms with Crippen molar-refractivity contribution in [3.63, 3.8) is 0 Å². The zero-order valence-corrected chi connectivity index (χ0v) is 23.6. The zero-order chi connectivity index (χ0) is 28.0. The maximum absolute atomic E-state index is 14.1. The van der Waals surface area contributed by atoms with Crippen molar-refractivity contribution >= 4 is 28.5 Å². The van der Waals surface area contributed by atoms with E-state index in [1.54, 1.807) is 9.58 Å². The van der Waals surface area contributed by atoms with Gasteiger partial charge in [0, 0.05) is 38.0 Å². The molecule has 3 heterocycles. The van der Waals surface area contributed by atoms with Gasteiger partial charge in [-0.2, -0.15) is 0 Å². The third-order valence-corrected chi connectivity index (χ3v) is 8.55. The number of hydrogen-bond acceptors (Lipinski definition) is 7. The lowest BCUT2D eigenvalue weighted by Gasteiger charge is -2.35. The second-order valence-corrected chi connectivity index (χ2v) is 11.4. The summed E-state index contributed by atoms with van der Waals surface area (Å²) in [6, 6.07) is 15.1. The maximum Gasteiger partial charge on any atom is 0.247 e. The van der Waals surface area contributed by atoms with Gasteiger partial charge in [-0.3, -0.25) is 9.59 Å². The van der Waals surface area contributed by atoms with Crippen LogP contribution in [0, 0.1) is 0 Å². The number of carbonyl (C=O) groups is 2. The molecule has 2 amide bonds. The van der Waals surface area contributed by atoms with Gasteiger partial charge in [0.25, 0.3) is 0 Å². The van der Waals surface area contributed by atoms with Gasteiger partial charge >= 0.3 is 0 Å². The van der Waals surface area contributed by atoms with Crippen molar-refractivity contribution < 1.29 is 19.1 Å². The number of rotatable bonds is 9. The molecule has 10 heteroatoms. The number of morpholine rings is 1. The molecule has 2 saturated heterocycles. The van der Waals surface area contributed by atoms with Crippen LogP contribution in [0.1, 0.15) is 56.6 Å². The summed E-state index contributed by atoms with van der Waals surface area (Å²) in [7, 11) is 0. The average molecular weight is 561 g/mol. The van der Waals surface area contributed by atoms with Gasteiger partial charge in [0.05, 0.1) is 24.8 Å². The molecule has 1 N–H and O–H groups in total. The number of hydrogen-bond donors (Lipinski definition) is 1. The Morgan fingerprint density at radius 3 is 2.49 bits per heavy atom. The molecule has 3 aromatic rings. The summed E-state index contributed by atoms with van der Waals surface area (Å²) < 4.78 is 13.1. The fourth-order valence-corrected chi connectivity index (χ4v) is 6.30. The lowest BCUT2D eigenvalue weighted by atomic mass is 9.94. The van der Waals surface area contributed by atoms with Crippen LogP contribution in [0.4, 0.5) is 5.69 Å².